The van der Waals surface area contributed by atoms with Crippen LogP contribution in [0.3, 0.4) is 0 Å². The van der Waals surface area contributed by atoms with Gasteiger partial charge in [-0.15, -0.1) is 11.3 Å². The summed E-state index contributed by atoms with van der Waals surface area (Å²) in [5.41, 5.74) is 2.52. The van der Waals surface area contributed by atoms with Crippen molar-refractivity contribution in [1.82, 2.24) is 19.9 Å². The van der Waals surface area contributed by atoms with Gasteiger partial charge in [-0.25, -0.2) is 9.97 Å². The number of nitrogens with zero attached hydrogens (tertiary/aromatic N) is 3. The van der Waals surface area contributed by atoms with Gasteiger partial charge in [0.05, 0.1) is 24.6 Å². The molecule has 0 saturated carbocycles. The lowest BCUT2D eigenvalue weighted by Crippen LogP contribution is -2.35. The number of fused-ring (bicyclic) bond motifs is 1. The molecule has 0 saturated heterocycles. The van der Waals surface area contributed by atoms with Gasteiger partial charge in [-0.2, -0.15) is 0 Å². The van der Waals surface area contributed by atoms with Gasteiger partial charge in [0.15, 0.2) is 11.6 Å². The zero-order valence-corrected chi connectivity index (χ0v) is 17.2. The van der Waals surface area contributed by atoms with Crippen LogP contribution in [0.2, 0.25) is 0 Å². The average molecular weight is 420 g/mol. The zero-order valence-electron chi connectivity index (χ0n) is 16.4. The Labute approximate surface area is 177 Å². The van der Waals surface area contributed by atoms with Gasteiger partial charge in [0, 0.05) is 42.7 Å². The smallest absolute Gasteiger partial charge is 0.256 e. The molecule has 4 aromatic rings. The summed E-state index contributed by atoms with van der Waals surface area (Å²) >= 11 is 1.66. The first-order valence-electron chi connectivity index (χ1n) is 9.67. The average Bonchev–Trinajstić information content (AvgIpc) is 3.47. The van der Waals surface area contributed by atoms with Crippen molar-refractivity contribution in [2.24, 2.45) is 0 Å². The van der Waals surface area contributed by atoms with Crippen molar-refractivity contribution in [3.05, 3.63) is 75.3 Å². The van der Waals surface area contributed by atoms with Crippen molar-refractivity contribution in [1.29, 1.82) is 0 Å². The first-order chi connectivity index (χ1) is 14.7. The Balaban J connectivity index is 1.32. The number of rotatable bonds is 5. The van der Waals surface area contributed by atoms with Crippen LogP contribution in [-0.4, -0.2) is 33.5 Å². The quantitative estimate of drug-likeness (QED) is 0.530. The molecule has 0 fully saturated rings. The molecule has 0 bridgehead atoms. The first-order valence-corrected chi connectivity index (χ1v) is 10.5. The molecule has 1 aliphatic heterocycles. The highest BCUT2D eigenvalue weighted by atomic mass is 32.1. The normalized spacial score (nSPS) is 13.9. The molecular formula is C22H20N4O3S. The molecule has 0 aliphatic carbocycles. The largest absolute Gasteiger partial charge is 0.497 e. The van der Waals surface area contributed by atoms with Crippen molar-refractivity contribution >= 4 is 11.3 Å². The predicted octanol–water partition coefficient (Wildman–Crippen LogP) is 3.72. The standard InChI is InChI=1S/C22H20N4O3S/c1-28-15-5-2-4-14(10-15)22-23-11-16(30-22)12-26-8-7-18-17(13-26)21(27)25-20(24-18)19-6-3-9-29-19/h2-6,9-11H,7-8,12-13H2,1H3,(H,24,25,27). The lowest BCUT2D eigenvalue weighted by Gasteiger charge is -2.26. The number of thiazole rings is 1. The minimum atomic E-state index is -0.0996. The minimum Gasteiger partial charge on any atom is -0.497 e. The van der Waals surface area contributed by atoms with E-state index in [-0.39, 0.29) is 5.56 Å². The number of furan rings is 1. The van der Waals surface area contributed by atoms with E-state index in [1.54, 1.807) is 36.8 Å². The zero-order chi connectivity index (χ0) is 20.5. The van der Waals surface area contributed by atoms with Crippen LogP contribution in [0.15, 0.2) is 58.1 Å². The van der Waals surface area contributed by atoms with E-state index in [2.05, 4.69) is 19.9 Å². The van der Waals surface area contributed by atoms with Gasteiger partial charge in [0.1, 0.15) is 10.8 Å². The molecule has 1 aromatic carbocycles. The molecule has 0 spiro atoms. The van der Waals surface area contributed by atoms with Crippen molar-refractivity contribution < 1.29 is 9.15 Å². The number of methoxy groups -OCH3 is 1. The van der Waals surface area contributed by atoms with E-state index >= 15 is 0 Å². The highest BCUT2D eigenvalue weighted by Crippen LogP contribution is 2.29. The Hall–Kier alpha value is -3.23. The van der Waals surface area contributed by atoms with Crippen LogP contribution in [0.1, 0.15) is 16.1 Å². The number of ether oxygens (including phenoxy) is 1. The van der Waals surface area contributed by atoms with E-state index in [1.165, 1.54) is 0 Å². The number of benzene rings is 1. The fourth-order valence-electron chi connectivity index (χ4n) is 3.64. The molecule has 1 N–H and O–H groups in total. The first kappa shape index (κ1) is 18.8. The third-order valence-electron chi connectivity index (χ3n) is 5.15. The number of nitrogens with one attached hydrogen (secondary N) is 1. The Morgan fingerprint density at radius 3 is 3.07 bits per heavy atom. The molecule has 0 atom stereocenters. The third-order valence-corrected chi connectivity index (χ3v) is 6.18. The highest BCUT2D eigenvalue weighted by molar-refractivity contribution is 7.15. The number of hydrogen-bond donors (Lipinski definition) is 1. The van der Waals surface area contributed by atoms with Crippen LogP contribution in [0.25, 0.3) is 22.2 Å². The maximum absolute atomic E-state index is 12.6. The fraction of sp³-hybridized carbons (Fsp3) is 0.227. The van der Waals surface area contributed by atoms with Crippen LogP contribution < -0.4 is 10.3 Å². The van der Waals surface area contributed by atoms with E-state index in [0.717, 1.165) is 52.0 Å². The number of aromatic amines is 1. The van der Waals surface area contributed by atoms with Gasteiger partial charge in [-0.3, -0.25) is 9.69 Å². The Kier molecular flexibility index (Phi) is 4.94. The molecule has 30 heavy (non-hydrogen) atoms. The number of H-pyrrole nitrogens is 1. The maximum Gasteiger partial charge on any atom is 0.256 e. The van der Waals surface area contributed by atoms with Crippen molar-refractivity contribution in [2.45, 2.75) is 19.5 Å². The molecule has 8 heteroatoms. The number of hydrogen-bond acceptors (Lipinski definition) is 7. The fourth-order valence-corrected chi connectivity index (χ4v) is 4.59. The second-order valence-electron chi connectivity index (χ2n) is 7.14. The Morgan fingerprint density at radius 1 is 1.30 bits per heavy atom. The van der Waals surface area contributed by atoms with Crippen LogP contribution in [0.5, 0.6) is 5.75 Å². The van der Waals surface area contributed by atoms with Gasteiger partial charge >= 0.3 is 0 Å². The van der Waals surface area contributed by atoms with Crippen LogP contribution in [-0.2, 0) is 19.5 Å². The molecule has 152 valence electrons. The van der Waals surface area contributed by atoms with Crippen LogP contribution in [0.4, 0.5) is 0 Å². The maximum atomic E-state index is 12.6. The molecule has 5 rings (SSSR count). The van der Waals surface area contributed by atoms with Gasteiger partial charge < -0.3 is 14.1 Å². The summed E-state index contributed by atoms with van der Waals surface area (Å²) in [7, 11) is 1.66. The van der Waals surface area contributed by atoms with Gasteiger partial charge in [0.2, 0.25) is 0 Å². The summed E-state index contributed by atoms with van der Waals surface area (Å²) in [5, 5.41) is 0.962. The van der Waals surface area contributed by atoms with E-state index in [4.69, 9.17) is 9.15 Å². The van der Waals surface area contributed by atoms with E-state index < -0.39 is 0 Å². The Bertz CT molecular complexity index is 1230. The van der Waals surface area contributed by atoms with Crippen LogP contribution >= 0.6 is 11.3 Å². The monoisotopic (exact) mass is 420 g/mol. The van der Waals surface area contributed by atoms with E-state index in [9.17, 15) is 4.79 Å². The molecule has 4 heterocycles. The highest BCUT2D eigenvalue weighted by Gasteiger charge is 2.22. The van der Waals surface area contributed by atoms with Crippen LogP contribution in [0, 0.1) is 0 Å². The molecule has 3 aromatic heterocycles. The lowest BCUT2D eigenvalue weighted by atomic mass is 10.1. The lowest BCUT2D eigenvalue weighted by molar-refractivity contribution is 0.244. The van der Waals surface area contributed by atoms with E-state index in [1.807, 2.05) is 30.5 Å². The molecule has 1 aliphatic rings. The third kappa shape index (κ3) is 3.67. The van der Waals surface area contributed by atoms with E-state index in [0.29, 0.717) is 18.1 Å². The van der Waals surface area contributed by atoms with Crippen molar-refractivity contribution in [2.75, 3.05) is 13.7 Å². The molecular weight excluding hydrogens is 400 g/mol. The van der Waals surface area contributed by atoms with Crippen molar-refractivity contribution in [3.8, 4) is 27.9 Å². The number of aromatic nitrogens is 3. The summed E-state index contributed by atoms with van der Waals surface area (Å²) in [6.07, 6.45) is 4.22. The Morgan fingerprint density at radius 2 is 2.23 bits per heavy atom. The van der Waals surface area contributed by atoms with Gasteiger partial charge in [0.25, 0.3) is 5.56 Å². The molecule has 0 amide bonds. The second kappa shape index (κ2) is 7.89. The SMILES string of the molecule is COc1cccc(-c2ncc(CN3CCc4nc(-c5ccco5)[nH]c(=O)c4C3)s2)c1. The summed E-state index contributed by atoms with van der Waals surface area (Å²) in [6.45, 7) is 2.16. The summed E-state index contributed by atoms with van der Waals surface area (Å²) < 4.78 is 10.7. The minimum absolute atomic E-state index is 0.0996. The molecule has 7 nitrogen and oxygen atoms in total. The van der Waals surface area contributed by atoms with Gasteiger partial charge in [-0.1, -0.05) is 12.1 Å². The molecule has 0 radical (unpaired) electrons. The predicted molar refractivity (Wildman–Crippen MR) is 114 cm³/mol. The summed E-state index contributed by atoms with van der Waals surface area (Å²) in [5.74, 6) is 1.88. The summed E-state index contributed by atoms with van der Waals surface area (Å²) in [6, 6.07) is 11.5. The summed E-state index contributed by atoms with van der Waals surface area (Å²) in [4.78, 5) is 28.1. The van der Waals surface area contributed by atoms with Crippen molar-refractivity contribution in [3.63, 3.8) is 0 Å². The molecule has 0 unspecified atom stereocenters. The second-order valence-corrected chi connectivity index (χ2v) is 8.26. The topological polar surface area (TPSA) is 84.2 Å². The van der Waals surface area contributed by atoms with Gasteiger partial charge in [-0.05, 0) is 24.3 Å².